The van der Waals surface area contributed by atoms with Gasteiger partial charge in [-0.3, -0.25) is 4.79 Å². The minimum atomic E-state index is -0.250. The Morgan fingerprint density at radius 3 is 2.90 bits per heavy atom. The zero-order chi connectivity index (χ0) is 7.56. The van der Waals surface area contributed by atoms with Gasteiger partial charge in [0, 0.05) is 0 Å². The molecule has 1 atom stereocenters. The standard InChI is InChI=1S/C8H11ClO/c1-2-6-4-3-5-7(9)8(6)10/h2,7H,3-5H2,1H3/b6-2-. The maximum absolute atomic E-state index is 11.2. The van der Waals surface area contributed by atoms with Crippen LogP contribution < -0.4 is 0 Å². The molecule has 0 bridgehead atoms. The first-order valence-corrected chi connectivity index (χ1v) is 4.03. The van der Waals surface area contributed by atoms with Gasteiger partial charge >= 0.3 is 0 Å². The number of carbonyl (C=O) groups is 1. The van der Waals surface area contributed by atoms with Crippen LogP contribution in [0.25, 0.3) is 0 Å². The summed E-state index contributed by atoms with van der Waals surface area (Å²) in [5.74, 6) is 0.135. The molecule has 0 radical (unpaired) electrons. The van der Waals surface area contributed by atoms with Crippen LogP contribution in [0.15, 0.2) is 11.6 Å². The summed E-state index contributed by atoms with van der Waals surface area (Å²) in [5, 5.41) is -0.250. The fraction of sp³-hybridized carbons (Fsp3) is 0.625. The van der Waals surface area contributed by atoms with E-state index < -0.39 is 0 Å². The van der Waals surface area contributed by atoms with Crippen LogP contribution in [0.4, 0.5) is 0 Å². The SMILES string of the molecule is C/C=C1/CCCC(Cl)C1=O. The molecule has 1 saturated carbocycles. The number of hydrogen-bond donors (Lipinski definition) is 0. The molecule has 0 N–H and O–H groups in total. The van der Waals surface area contributed by atoms with Crippen molar-refractivity contribution in [2.24, 2.45) is 0 Å². The van der Waals surface area contributed by atoms with Crippen LogP contribution in [0, 0.1) is 0 Å². The van der Waals surface area contributed by atoms with Crippen molar-refractivity contribution in [1.82, 2.24) is 0 Å². The lowest BCUT2D eigenvalue weighted by Gasteiger charge is -2.16. The fourth-order valence-corrected chi connectivity index (χ4v) is 1.51. The second kappa shape index (κ2) is 3.20. The van der Waals surface area contributed by atoms with Gasteiger partial charge < -0.3 is 0 Å². The van der Waals surface area contributed by atoms with Crippen LogP contribution in [0.1, 0.15) is 26.2 Å². The molecule has 1 aliphatic carbocycles. The van der Waals surface area contributed by atoms with Crippen molar-refractivity contribution in [2.75, 3.05) is 0 Å². The van der Waals surface area contributed by atoms with Gasteiger partial charge in [-0.1, -0.05) is 6.08 Å². The second-order valence-corrected chi connectivity index (χ2v) is 3.06. The van der Waals surface area contributed by atoms with Crippen LogP contribution in [0.3, 0.4) is 0 Å². The van der Waals surface area contributed by atoms with Crippen LogP contribution in [0.2, 0.25) is 0 Å². The molecule has 1 fully saturated rings. The van der Waals surface area contributed by atoms with E-state index in [4.69, 9.17) is 11.6 Å². The first kappa shape index (κ1) is 7.80. The molecule has 1 unspecified atom stereocenters. The zero-order valence-corrected chi connectivity index (χ0v) is 6.82. The summed E-state index contributed by atoms with van der Waals surface area (Å²) in [5.41, 5.74) is 0.909. The third kappa shape index (κ3) is 1.40. The number of ketones is 1. The van der Waals surface area contributed by atoms with Gasteiger partial charge in [0.15, 0.2) is 5.78 Å². The fourth-order valence-electron chi connectivity index (χ4n) is 1.21. The molecular weight excluding hydrogens is 148 g/mol. The molecule has 0 aromatic heterocycles. The average Bonchev–Trinajstić information content (AvgIpc) is 1.95. The number of halogens is 1. The number of carbonyl (C=O) groups excluding carboxylic acids is 1. The van der Waals surface area contributed by atoms with Crippen molar-refractivity contribution in [1.29, 1.82) is 0 Å². The van der Waals surface area contributed by atoms with Crippen molar-refractivity contribution in [2.45, 2.75) is 31.6 Å². The molecule has 0 amide bonds. The van der Waals surface area contributed by atoms with Gasteiger partial charge in [-0.25, -0.2) is 0 Å². The van der Waals surface area contributed by atoms with Gasteiger partial charge in [-0.05, 0) is 31.8 Å². The zero-order valence-electron chi connectivity index (χ0n) is 6.06. The third-order valence-corrected chi connectivity index (χ3v) is 2.27. The summed E-state index contributed by atoms with van der Waals surface area (Å²) in [6.45, 7) is 1.89. The van der Waals surface area contributed by atoms with Crippen molar-refractivity contribution < 1.29 is 4.79 Å². The Bertz CT molecular complexity index is 172. The van der Waals surface area contributed by atoms with Gasteiger partial charge in [-0.15, -0.1) is 11.6 Å². The lowest BCUT2D eigenvalue weighted by molar-refractivity contribution is -0.116. The molecule has 1 nitrogen and oxygen atoms in total. The Morgan fingerprint density at radius 1 is 1.70 bits per heavy atom. The third-order valence-electron chi connectivity index (χ3n) is 1.85. The first-order chi connectivity index (χ1) is 4.75. The molecule has 0 saturated heterocycles. The van der Waals surface area contributed by atoms with E-state index in [1.807, 2.05) is 13.0 Å². The smallest absolute Gasteiger partial charge is 0.176 e. The highest BCUT2D eigenvalue weighted by Crippen LogP contribution is 2.23. The van der Waals surface area contributed by atoms with E-state index in [0.717, 1.165) is 24.8 Å². The Hall–Kier alpha value is -0.300. The summed E-state index contributed by atoms with van der Waals surface area (Å²) >= 11 is 5.75. The highest BCUT2D eigenvalue weighted by Gasteiger charge is 2.23. The molecule has 1 rings (SSSR count). The first-order valence-electron chi connectivity index (χ1n) is 3.59. The van der Waals surface area contributed by atoms with Crippen LogP contribution in [-0.2, 0) is 4.79 Å². The van der Waals surface area contributed by atoms with Crippen molar-refractivity contribution in [3.05, 3.63) is 11.6 Å². The molecule has 0 aromatic rings. The lowest BCUT2D eigenvalue weighted by Crippen LogP contribution is -2.21. The van der Waals surface area contributed by atoms with Gasteiger partial charge in [-0.2, -0.15) is 0 Å². The summed E-state index contributed by atoms with van der Waals surface area (Å²) in [4.78, 5) is 11.2. The molecule has 2 heteroatoms. The molecule has 0 aliphatic heterocycles. The number of rotatable bonds is 0. The van der Waals surface area contributed by atoms with Gasteiger partial charge in [0.2, 0.25) is 0 Å². The minimum Gasteiger partial charge on any atom is -0.293 e. The predicted octanol–water partition coefficient (Wildman–Crippen LogP) is 2.29. The number of hydrogen-bond acceptors (Lipinski definition) is 1. The monoisotopic (exact) mass is 158 g/mol. The van der Waals surface area contributed by atoms with E-state index >= 15 is 0 Å². The number of alkyl halides is 1. The molecule has 1 aliphatic rings. The highest BCUT2D eigenvalue weighted by atomic mass is 35.5. The maximum Gasteiger partial charge on any atom is 0.176 e. The van der Waals surface area contributed by atoms with E-state index in [1.54, 1.807) is 0 Å². The summed E-state index contributed by atoms with van der Waals surface area (Å²) < 4.78 is 0. The molecule has 10 heavy (non-hydrogen) atoms. The quantitative estimate of drug-likeness (QED) is 0.391. The summed E-state index contributed by atoms with van der Waals surface area (Å²) in [6, 6.07) is 0. The van der Waals surface area contributed by atoms with E-state index in [-0.39, 0.29) is 11.2 Å². The van der Waals surface area contributed by atoms with Gasteiger partial charge in [0.05, 0.1) is 5.38 Å². The van der Waals surface area contributed by atoms with Crippen LogP contribution >= 0.6 is 11.6 Å². The summed E-state index contributed by atoms with van der Waals surface area (Å²) in [7, 11) is 0. The molecule has 0 aromatic carbocycles. The molecular formula is C8H11ClO. The Kier molecular flexibility index (Phi) is 2.50. The Balaban J connectivity index is 2.69. The minimum absolute atomic E-state index is 0.135. The predicted molar refractivity (Wildman–Crippen MR) is 42.3 cm³/mol. The average molecular weight is 159 g/mol. The van der Waals surface area contributed by atoms with E-state index in [2.05, 4.69) is 0 Å². The topological polar surface area (TPSA) is 17.1 Å². The lowest BCUT2D eigenvalue weighted by atomic mass is 9.93. The largest absolute Gasteiger partial charge is 0.293 e. The number of allylic oxidation sites excluding steroid dienone is 2. The molecule has 56 valence electrons. The normalized spacial score (nSPS) is 31.2. The van der Waals surface area contributed by atoms with Crippen molar-refractivity contribution >= 4 is 17.4 Å². The van der Waals surface area contributed by atoms with E-state index in [1.165, 1.54) is 0 Å². The Morgan fingerprint density at radius 2 is 2.40 bits per heavy atom. The van der Waals surface area contributed by atoms with Gasteiger partial charge in [0.1, 0.15) is 0 Å². The molecule has 0 heterocycles. The van der Waals surface area contributed by atoms with Gasteiger partial charge in [0.25, 0.3) is 0 Å². The summed E-state index contributed by atoms with van der Waals surface area (Å²) in [6.07, 6.45) is 4.69. The molecule has 0 spiro atoms. The van der Waals surface area contributed by atoms with Crippen LogP contribution in [-0.4, -0.2) is 11.2 Å². The maximum atomic E-state index is 11.2. The Labute approximate surface area is 66.1 Å². The number of Topliss-reactive ketones (excluding diaryl/α,β-unsaturated/α-hetero) is 1. The van der Waals surface area contributed by atoms with E-state index in [9.17, 15) is 4.79 Å². The van der Waals surface area contributed by atoms with E-state index in [0.29, 0.717) is 0 Å². The highest BCUT2D eigenvalue weighted by molar-refractivity contribution is 6.34. The van der Waals surface area contributed by atoms with Crippen molar-refractivity contribution in [3.8, 4) is 0 Å². The van der Waals surface area contributed by atoms with Crippen molar-refractivity contribution in [3.63, 3.8) is 0 Å². The second-order valence-electron chi connectivity index (χ2n) is 2.54. The van der Waals surface area contributed by atoms with Crippen LogP contribution in [0.5, 0.6) is 0 Å².